The predicted molar refractivity (Wildman–Crippen MR) is 125 cm³/mol. The number of hydrogen-bond acceptors (Lipinski definition) is 4. The molecule has 1 N–H and O–H groups in total. The normalized spacial score (nSPS) is 22.3. The van der Waals surface area contributed by atoms with Crippen LogP contribution in [0.4, 0.5) is 18.9 Å². The summed E-state index contributed by atoms with van der Waals surface area (Å²) in [6.45, 7) is 7.56. The average Bonchev–Trinajstić information content (AvgIpc) is 3.50. The second-order valence-electron chi connectivity index (χ2n) is 11.6. The van der Waals surface area contributed by atoms with Gasteiger partial charge in [0.1, 0.15) is 6.04 Å². The molecule has 35 heavy (non-hydrogen) atoms. The molecule has 1 spiro atoms. The molecule has 190 valence electrons. The van der Waals surface area contributed by atoms with Crippen molar-refractivity contribution in [3.63, 3.8) is 0 Å². The van der Waals surface area contributed by atoms with Gasteiger partial charge < -0.3 is 15.1 Å². The SMILES string of the molecule is CC(C)(C)CC(=O)N1CC2(CCN(c3ccc(C#N)c(C(F)(F)F)c3)CC2)CC1C(=O)NC1CC1. The Morgan fingerprint density at radius 2 is 1.83 bits per heavy atom. The van der Waals surface area contributed by atoms with E-state index in [-0.39, 0.29) is 34.2 Å². The third-order valence-electron chi connectivity index (χ3n) is 7.35. The van der Waals surface area contributed by atoms with Crippen molar-refractivity contribution in [2.24, 2.45) is 10.8 Å². The number of nitrogens with zero attached hydrogens (tertiary/aromatic N) is 3. The minimum Gasteiger partial charge on any atom is -0.371 e. The van der Waals surface area contributed by atoms with Crippen LogP contribution in [0.2, 0.25) is 0 Å². The summed E-state index contributed by atoms with van der Waals surface area (Å²) in [6.07, 6.45) is -0.357. The van der Waals surface area contributed by atoms with Gasteiger partial charge in [-0.3, -0.25) is 9.59 Å². The lowest BCUT2D eigenvalue weighted by Crippen LogP contribution is -2.47. The number of benzene rings is 1. The van der Waals surface area contributed by atoms with Gasteiger partial charge in [-0.2, -0.15) is 18.4 Å². The van der Waals surface area contributed by atoms with E-state index in [0.29, 0.717) is 51.0 Å². The second kappa shape index (κ2) is 9.03. The summed E-state index contributed by atoms with van der Waals surface area (Å²) in [7, 11) is 0. The van der Waals surface area contributed by atoms with Gasteiger partial charge in [0, 0.05) is 37.8 Å². The first-order valence-electron chi connectivity index (χ1n) is 12.3. The fourth-order valence-electron chi connectivity index (χ4n) is 5.30. The lowest BCUT2D eigenvalue weighted by Gasteiger charge is -2.40. The van der Waals surface area contributed by atoms with Crippen molar-refractivity contribution in [3.05, 3.63) is 29.3 Å². The molecule has 1 unspecified atom stereocenters. The van der Waals surface area contributed by atoms with Crippen molar-refractivity contribution in [1.82, 2.24) is 10.2 Å². The van der Waals surface area contributed by atoms with Gasteiger partial charge in [0.25, 0.3) is 0 Å². The van der Waals surface area contributed by atoms with Gasteiger partial charge in [-0.25, -0.2) is 0 Å². The van der Waals surface area contributed by atoms with Crippen LogP contribution in [0.1, 0.15) is 70.4 Å². The summed E-state index contributed by atoms with van der Waals surface area (Å²) < 4.78 is 40.3. The molecule has 3 aliphatic rings. The molecule has 3 fully saturated rings. The van der Waals surface area contributed by atoms with Gasteiger partial charge in [-0.15, -0.1) is 0 Å². The van der Waals surface area contributed by atoms with E-state index in [2.05, 4.69) is 5.32 Å². The van der Waals surface area contributed by atoms with E-state index >= 15 is 0 Å². The maximum absolute atomic E-state index is 13.4. The zero-order valence-electron chi connectivity index (χ0n) is 20.5. The molecule has 4 rings (SSSR count). The number of anilines is 1. The van der Waals surface area contributed by atoms with Crippen LogP contribution in [0.25, 0.3) is 0 Å². The van der Waals surface area contributed by atoms with Crippen LogP contribution in [-0.4, -0.2) is 48.4 Å². The highest BCUT2D eigenvalue weighted by Gasteiger charge is 2.50. The van der Waals surface area contributed by atoms with Crippen molar-refractivity contribution in [2.75, 3.05) is 24.5 Å². The fourth-order valence-corrected chi connectivity index (χ4v) is 5.30. The Balaban J connectivity index is 1.49. The zero-order valence-corrected chi connectivity index (χ0v) is 20.5. The van der Waals surface area contributed by atoms with E-state index in [1.165, 1.54) is 6.07 Å². The summed E-state index contributed by atoms with van der Waals surface area (Å²) in [5.41, 5.74) is -1.29. The van der Waals surface area contributed by atoms with Gasteiger partial charge in [-0.1, -0.05) is 20.8 Å². The van der Waals surface area contributed by atoms with Crippen LogP contribution in [-0.2, 0) is 15.8 Å². The molecule has 6 nitrogen and oxygen atoms in total. The number of piperidine rings is 1. The lowest BCUT2D eigenvalue weighted by molar-refractivity contribution is -0.140. The molecule has 0 radical (unpaired) electrons. The number of amides is 2. The number of nitriles is 1. The molecule has 2 heterocycles. The van der Waals surface area contributed by atoms with E-state index in [0.717, 1.165) is 18.9 Å². The zero-order chi connectivity index (χ0) is 25.6. The summed E-state index contributed by atoms with van der Waals surface area (Å²) in [5, 5.41) is 12.1. The molecular weight excluding hydrogens is 457 g/mol. The molecule has 1 saturated carbocycles. The van der Waals surface area contributed by atoms with Crippen molar-refractivity contribution < 1.29 is 22.8 Å². The second-order valence-corrected chi connectivity index (χ2v) is 11.6. The largest absolute Gasteiger partial charge is 0.417 e. The molecule has 1 aromatic rings. The average molecular weight is 491 g/mol. The van der Waals surface area contributed by atoms with Gasteiger partial charge in [-0.05, 0) is 61.1 Å². The third kappa shape index (κ3) is 5.74. The molecule has 0 bridgehead atoms. The van der Waals surface area contributed by atoms with Gasteiger partial charge in [0.05, 0.1) is 17.2 Å². The van der Waals surface area contributed by atoms with E-state index in [4.69, 9.17) is 5.26 Å². The van der Waals surface area contributed by atoms with Crippen molar-refractivity contribution >= 4 is 17.5 Å². The van der Waals surface area contributed by atoms with E-state index in [1.54, 1.807) is 17.0 Å². The Bertz CT molecular complexity index is 1030. The molecule has 2 saturated heterocycles. The number of likely N-dealkylation sites (tertiary alicyclic amines) is 1. The van der Waals surface area contributed by atoms with Crippen LogP contribution in [0.15, 0.2) is 18.2 Å². The number of carbonyl (C=O) groups excluding carboxylic acids is 2. The summed E-state index contributed by atoms with van der Waals surface area (Å²) in [6, 6.07) is 5.17. The Kier molecular flexibility index (Phi) is 6.54. The lowest BCUT2D eigenvalue weighted by atomic mass is 9.76. The first kappa shape index (κ1) is 25.3. The molecule has 1 aliphatic carbocycles. The number of nitrogens with one attached hydrogen (secondary N) is 1. The predicted octanol–water partition coefficient (Wildman–Crippen LogP) is 4.48. The fraction of sp³-hybridized carbons (Fsp3) is 0.654. The summed E-state index contributed by atoms with van der Waals surface area (Å²) in [5.74, 6) is -0.106. The van der Waals surface area contributed by atoms with Crippen molar-refractivity contribution in [3.8, 4) is 6.07 Å². The third-order valence-corrected chi connectivity index (χ3v) is 7.35. The van der Waals surface area contributed by atoms with Gasteiger partial charge in [0.2, 0.25) is 11.8 Å². The number of carbonyl (C=O) groups is 2. The maximum atomic E-state index is 13.4. The van der Waals surface area contributed by atoms with Crippen LogP contribution < -0.4 is 10.2 Å². The first-order chi connectivity index (χ1) is 16.3. The van der Waals surface area contributed by atoms with E-state index in [1.807, 2.05) is 25.7 Å². The smallest absolute Gasteiger partial charge is 0.371 e. The molecule has 0 aromatic heterocycles. The number of hydrogen-bond donors (Lipinski definition) is 1. The molecule has 1 atom stereocenters. The summed E-state index contributed by atoms with van der Waals surface area (Å²) in [4.78, 5) is 29.9. The van der Waals surface area contributed by atoms with E-state index in [9.17, 15) is 22.8 Å². The standard InChI is InChI=1S/C26H33F3N4O2/c1-24(2,3)14-22(34)33-16-25(13-21(33)23(35)31-18-5-6-18)8-10-32(11-9-25)19-7-4-17(15-30)20(12-19)26(27,28)29/h4,7,12,18,21H,5-6,8-11,13-14,16H2,1-3H3,(H,31,35). The van der Waals surface area contributed by atoms with Crippen LogP contribution in [0.3, 0.4) is 0 Å². The Morgan fingerprint density at radius 3 is 2.37 bits per heavy atom. The van der Waals surface area contributed by atoms with E-state index < -0.39 is 17.8 Å². The van der Waals surface area contributed by atoms with Crippen LogP contribution in [0.5, 0.6) is 0 Å². The maximum Gasteiger partial charge on any atom is 0.417 e. The first-order valence-corrected chi connectivity index (χ1v) is 12.3. The molecular formula is C26H33F3N4O2. The highest BCUT2D eigenvalue weighted by molar-refractivity contribution is 5.89. The minimum absolute atomic E-state index is 0.0188. The number of halogens is 3. The van der Waals surface area contributed by atoms with Crippen molar-refractivity contribution in [2.45, 2.75) is 77.6 Å². The number of rotatable bonds is 4. The van der Waals surface area contributed by atoms with Gasteiger partial charge in [0.15, 0.2) is 0 Å². The molecule has 2 aliphatic heterocycles. The van der Waals surface area contributed by atoms with Crippen molar-refractivity contribution in [1.29, 1.82) is 5.26 Å². The molecule has 9 heteroatoms. The monoisotopic (exact) mass is 490 g/mol. The highest BCUT2D eigenvalue weighted by Crippen LogP contribution is 2.45. The van der Waals surface area contributed by atoms with Crippen LogP contribution >= 0.6 is 0 Å². The minimum atomic E-state index is -4.60. The Morgan fingerprint density at radius 1 is 1.17 bits per heavy atom. The summed E-state index contributed by atoms with van der Waals surface area (Å²) >= 11 is 0. The number of alkyl halides is 3. The Hall–Kier alpha value is -2.76. The van der Waals surface area contributed by atoms with Gasteiger partial charge >= 0.3 is 6.18 Å². The molecule has 1 aromatic carbocycles. The topological polar surface area (TPSA) is 76.4 Å². The highest BCUT2D eigenvalue weighted by atomic mass is 19.4. The van der Waals surface area contributed by atoms with Crippen LogP contribution in [0, 0.1) is 22.2 Å². The molecule has 2 amide bonds. The Labute approximate surface area is 204 Å². The quantitative estimate of drug-likeness (QED) is 0.675.